The number of nitrogens with two attached hydrogens (primary N) is 1. The molecule has 312 valence electrons. The van der Waals surface area contributed by atoms with Crippen LogP contribution in [0, 0.1) is 47.3 Å². The molecule has 8 nitrogen and oxygen atoms in total. The van der Waals surface area contributed by atoms with Crippen LogP contribution in [0.2, 0.25) is 0 Å². The normalized spacial score (nSPS) is 31.1. The van der Waals surface area contributed by atoms with Gasteiger partial charge in [0.05, 0.1) is 0 Å². The van der Waals surface area contributed by atoms with E-state index in [1.54, 1.807) is 0 Å². The van der Waals surface area contributed by atoms with Crippen LogP contribution in [-0.4, -0.2) is 92.3 Å². The van der Waals surface area contributed by atoms with Gasteiger partial charge < -0.3 is 30.3 Å². The molecule has 0 aromatic heterocycles. The van der Waals surface area contributed by atoms with Crippen molar-refractivity contribution in [2.24, 2.45) is 53.1 Å². The highest BCUT2D eigenvalue weighted by molar-refractivity contribution is 5.70. The topological polar surface area (TPSA) is 97.1 Å². The summed E-state index contributed by atoms with van der Waals surface area (Å²) in [7, 11) is 4.40. The Labute approximate surface area is 324 Å². The third-order valence-corrected chi connectivity index (χ3v) is 10.9. The van der Waals surface area contributed by atoms with E-state index in [9.17, 15) is 9.59 Å². The molecule has 0 aromatic carbocycles. The van der Waals surface area contributed by atoms with E-state index in [0.717, 1.165) is 38.0 Å². The second kappa shape index (κ2) is 26.6. The van der Waals surface area contributed by atoms with Crippen molar-refractivity contribution in [3.05, 3.63) is 0 Å². The predicted octanol–water partition coefficient (Wildman–Crippen LogP) is 9.30. The fourth-order valence-electron chi connectivity index (χ4n) is 9.09. The second-order valence-electron chi connectivity index (χ2n) is 16.9. The van der Waals surface area contributed by atoms with Crippen molar-refractivity contribution in [3.8, 4) is 0 Å². The summed E-state index contributed by atoms with van der Waals surface area (Å²) in [5, 5.41) is 3.45. The highest BCUT2D eigenvalue weighted by atomic mass is 16.6. The number of carbonyl (C=O) groups is 2. The van der Waals surface area contributed by atoms with E-state index in [1.165, 1.54) is 51.6 Å². The van der Waals surface area contributed by atoms with Gasteiger partial charge in [0.25, 0.3) is 0 Å². The SMILES string of the molecule is C.CC.CC.CC.CC.CC(C)(C)OC(=O)CC1[C@@H]2CC[C@H]1CNC2.CN1C[C@H]2CC[C@@H](C1)C2CC(=O)OC(C)(C)C.CN1C[C@H]2CC[C@@H](C1)C2N. The molecule has 0 radical (unpaired) electrons. The second-order valence-corrected chi connectivity index (χ2v) is 16.9. The zero-order valence-corrected chi connectivity index (χ0v) is 36.7. The summed E-state index contributed by atoms with van der Waals surface area (Å²) in [4.78, 5) is 28.5. The van der Waals surface area contributed by atoms with Crippen LogP contribution < -0.4 is 11.1 Å². The van der Waals surface area contributed by atoms with Crippen molar-refractivity contribution in [3.63, 3.8) is 0 Å². The largest absolute Gasteiger partial charge is 0.460 e. The molecule has 3 aliphatic heterocycles. The van der Waals surface area contributed by atoms with Crippen LogP contribution in [0.1, 0.15) is 156 Å². The molecule has 6 bridgehead atoms. The van der Waals surface area contributed by atoms with Crippen LogP contribution >= 0.6 is 0 Å². The lowest BCUT2D eigenvalue weighted by atomic mass is 9.83. The number of nitrogens with zero attached hydrogens (tertiary/aromatic N) is 2. The van der Waals surface area contributed by atoms with Crippen LogP contribution in [0.25, 0.3) is 0 Å². The lowest BCUT2D eigenvalue weighted by Gasteiger charge is -2.36. The molecule has 0 spiro atoms. The number of carbonyl (C=O) groups excluding carboxylic acids is 2. The average Bonchev–Trinajstić information content (AvgIpc) is 3.51. The van der Waals surface area contributed by atoms with Gasteiger partial charge in [-0.2, -0.15) is 0 Å². The van der Waals surface area contributed by atoms with E-state index in [4.69, 9.17) is 15.2 Å². The summed E-state index contributed by atoms with van der Waals surface area (Å²) in [6, 6.07) is 0.524. The molecule has 0 aromatic rings. The maximum absolute atomic E-state index is 11.9. The maximum Gasteiger partial charge on any atom is 0.306 e. The summed E-state index contributed by atoms with van der Waals surface area (Å²) in [5.41, 5.74) is 5.33. The average molecular weight is 741 g/mol. The third-order valence-electron chi connectivity index (χ3n) is 10.9. The first-order chi connectivity index (χ1) is 24.1. The number of ether oxygens (including phenoxy) is 2. The van der Waals surface area contributed by atoms with Gasteiger partial charge in [-0.25, -0.2) is 0 Å². The van der Waals surface area contributed by atoms with E-state index in [2.05, 4.69) is 29.2 Å². The molecule has 3 saturated heterocycles. The van der Waals surface area contributed by atoms with Crippen LogP contribution in [0.3, 0.4) is 0 Å². The van der Waals surface area contributed by atoms with E-state index in [0.29, 0.717) is 54.4 Å². The van der Waals surface area contributed by atoms with Crippen molar-refractivity contribution < 1.29 is 19.1 Å². The zero-order valence-electron chi connectivity index (χ0n) is 36.7. The third kappa shape index (κ3) is 18.4. The molecular formula is C44H92N4O4. The molecule has 3 N–H and O–H groups in total. The van der Waals surface area contributed by atoms with Crippen molar-refractivity contribution in [1.29, 1.82) is 0 Å². The first kappa shape index (κ1) is 52.9. The molecule has 6 aliphatic rings. The number of hydrogen-bond acceptors (Lipinski definition) is 8. The van der Waals surface area contributed by atoms with E-state index >= 15 is 0 Å². The molecule has 3 unspecified atom stereocenters. The van der Waals surface area contributed by atoms with Gasteiger partial charge in [0.15, 0.2) is 0 Å². The van der Waals surface area contributed by atoms with Gasteiger partial charge in [0.1, 0.15) is 11.2 Å². The molecule has 0 amide bonds. The summed E-state index contributed by atoms with van der Waals surface area (Å²) < 4.78 is 10.8. The van der Waals surface area contributed by atoms with Gasteiger partial charge in [-0.15, -0.1) is 0 Å². The quantitative estimate of drug-likeness (QED) is 0.276. The van der Waals surface area contributed by atoms with Crippen molar-refractivity contribution in [2.75, 3.05) is 53.4 Å². The van der Waals surface area contributed by atoms with Crippen molar-refractivity contribution >= 4 is 11.9 Å². The van der Waals surface area contributed by atoms with E-state index in [1.807, 2.05) is 96.9 Å². The minimum absolute atomic E-state index is 0. The lowest BCUT2D eigenvalue weighted by molar-refractivity contribution is -0.158. The van der Waals surface area contributed by atoms with E-state index in [-0.39, 0.29) is 30.6 Å². The molecule has 3 aliphatic carbocycles. The Hall–Kier alpha value is -1.22. The summed E-state index contributed by atoms with van der Waals surface area (Å²) in [5.74, 6) is 5.56. The van der Waals surface area contributed by atoms with Crippen molar-refractivity contribution in [1.82, 2.24) is 15.1 Å². The summed E-state index contributed by atoms with van der Waals surface area (Å²) in [6.07, 6.45) is 9.14. The fraction of sp³-hybridized carbons (Fsp3) is 0.955. The molecule has 3 heterocycles. The Morgan fingerprint density at radius 1 is 0.558 bits per heavy atom. The van der Waals surface area contributed by atoms with Gasteiger partial charge in [-0.05, 0) is 155 Å². The molecule has 52 heavy (non-hydrogen) atoms. The molecule has 9 atom stereocenters. The monoisotopic (exact) mass is 741 g/mol. The van der Waals surface area contributed by atoms with Crippen LogP contribution in [0.15, 0.2) is 0 Å². The van der Waals surface area contributed by atoms with Crippen LogP contribution in [0.4, 0.5) is 0 Å². The fourth-order valence-corrected chi connectivity index (χ4v) is 9.09. The van der Waals surface area contributed by atoms with Gasteiger partial charge in [0.2, 0.25) is 0 Å². The van der Waals surface area contributed by atoms with Crippen LogP contribution in [-0.2, 0) is 19.1 Å². The maximum atomic E-state index is 11.9. The summed E-state index contributed by atoms with van der Waals surface area (Å²) in [6.45, 7) is 34.6. The Kier molecular flexibility index (Phi) is 27.0. The number of hydrogen-bond donors (Lipinski definition) is 2. The van der Waals surface area contributed by atoms with Gasteiger partial charge >= 0.3 is 11.9 Å². The first-order valence-corrected chi connectivity index (χ1v) is 21.3. The number of piperidine rings is 3. The smallest absolute Gasteiger partial charge is 0.306 e. The molecule has 3 saturated carbocycles. The zero-order chi connectivity index (χ0) is 39.5. The Balaban J connectivity index is 0. The van der Waals surface area contributed by atoms with Gasteiger partial charge in [-0.3, -0.25) is 9.59 Å². The number of rotatable bonds is 4. The Morgan fingerprint density at radius 3 is 1.15 bits per heavy atom. The predicted molar refractivity (Wildman–Crippen MR) is 225 cm³/mol. The number of likely N-dealkylation sites (tertiary alicyclic amines) is 2. The minimum Gasteiger partial charge on any atom is -0.460 e. The standard InChI is InChI=1S/C14H25NO2.C13H23NO2.C8H16N2.4C2H6.CH4/c1-14(2,3)17-13(16)7-12-10-5-6-11(12)9-15(4)8-10;1-13(2,3)16-12(15)6-11-9-4-5-10(11)8-14-7-9;1-10-4-6-2-3-7(5-10)8(6)9;4*1-2;/h10-12H,5-9H2,1-4H3;9-11,14H,4-8H2,1-3H3;6-8H,2-5,9H2,1H3;4*1-2H3;1H4/t10-,11+,12?;9-,10+,11?;6-,7+,8?;;;;;. The van der Waals surface area contributed by atoms with E-state index < -0.39 is 0 Å². The molecule has 8 heteroatoms. The lowest BCUT2D eigenvalue weighted by Crippen LogP contribution is -2.47. The Bertz CT molecular complexity index is 888. The van der Waals surface area contributed by atoms with Crippen molar-refractivity contribution in [2.45, 2.75) is 173 Å². The highest BCUT2D eigenvalue weighted by Crippen LogP contribution is 2.44. The highest BCUT2D eigenvalue weighted by Gasteiger charge is 2.43. The summed E-state index contributed by atoms with van der Waals surface area (Å²) >= 11 is 0. The minimum atomic E-state index is -0.346. The molecule has 6 rings (SSSR count). The van der Waals surface area contributed by atoms with Gasteiger partial charge in [-0.1, -0.05) is 62.8 Å². The van der Waals surface area contributed by atoms with Gasteiger partial charge in [0, 0.05) is 45.1 Å². The first-order valence-electron chi connectivity index (χ1n) is 21.3. The number of esters is 2. The Morgan fingerprint density at radius 2 is 0.827 bits per heavy atom. The number of fused-ring (bicyclic) bond motifs is 6. The molecule has 6 fully saturated rings. The number of nitrogens with one attached hydrogen (secondary N) is 1. The molecular weight excluding hydrogens is 649 g/mol. The van der Waals surface area contributed by atoms with Crippen LogP contribution in [0.5, 0.6) is 0 Å².